The zero-order valence-electron chi connectivity index (χ0n) is 11.7. The minimum Gasteiger partial charge on any atom is -0.328 e. The highest BCUT2D eigenvalue weighted by atomic mass is 16.2. The van der Waals surface area contributed by atoms with Gasteiger partial charge in [0.25, 0.3) is 0 Å². The van der Waals surface area contributed by atoms with Crippen LogP contribution in [0, 0.1) is 6.92 Å². The summed E-state index contributed by atoms with van der Waals surface area (Å²) in [5, 5.41) is 2.91. The Balaban J connectivity index is 2.15. The molecule has 1 aromatic carbocycles. The fraction of sp³-hybridized carbons (Fsp3) is 0.467. The van der Waals surface area contributed by atoms with Crippen LogP contribution in [0.4, 0.5) is 5.69 Å². The number of nitrogens with one attached hydrogen (secondary N) is 1. The summed E-state index contributed by atoms with van der Waals surface area (Å²) in [7, 11) is 0. The van der Waals surface area contributed by atoms with Crippen molar-refractivity contribution >= 4 is 17.5 Å². The zero-order valence-corrected chi connectivity index (χ0v) is 11.7. The van der Waals surface area contributed by atoms with Gasteiger partial charge in [0.15, 0.2) is 0 Å². The van der Waals surface area contributed by atoms with E-state index in [1.54, 1.807) is 4.90 Å². The second-order valence-electron chi connectivity index (χ2n) is 5.25. The van der Waals surface area contributed by atoms with Crippen molar-refractivity contribution in [3.63, 3.8) is 0 Å². The molecule has 1 fully saturated rings. The highest BCUT2D eigenvalue weighted by Crippen LogP contribution is 2.28. The summed E-state index contributed by atoms with van der Waals surface area (Å²) in [4.78, 5) is 25.7. The van der Waals surface area contributed by atoms with Gasteiger partial charge in [-0.25, -0.2) is 0 Å². The number of β-lactam (4-membered cyclic amide) rings is 1. The molecule has 4 heteroatoms. The molecule has 1 N–H and O–H groups in total. The lowest BCUT2D eigenvalue weighted by molar-refractivity contribution is -0.154. The smallest absolute Gasteiger partial charge is 0.250 e. The van der Waals surface area contributed by atoms with Crippen LogP contribution >= 0.6 is 0 Å². The Labute approximate surface area is 113 Å². The van der Waals surface area contributed by atoms with Crippen molar-refractivity contribution in [2.75, 3.05) is 11.9 Å². The SMILES string of the molecule is CC[C@@](C)(C(=O)Nc1cccc(C)c1)N1CCC1=O. The second kappa shape index (κ2) is 5.03. The molecule has 0 aliphatic carbocycles. The summed E-state index contributed by atoms with van der Waals surface area (Å²) < 4.78 is 0. The molecule has 1 aliphatic heterocycles. The Kier molecular flexibility index (Phi) is 3.60. The molecule has 1 saturated heterocycles. The molecular weight excluding hydrogens is 240 g/mol. The molecular formula is C15H20N2O2. The summed E-state index contributed by atoms with van der Waals surface area (Å²) in [6.45, 7) is 6.41. The molecule has 4 nitrogen and oxygen atoms in total. The average Bonchev–Trinajstić information content (AvgIpc) is 2.36. The summed E-state index contributed by atoms with van der Waals surface area (Å²) >= 11 is 0. The van der Waals surface area contributed by atoms with Crippen LogP contribution in [-0.2, 0) is 9.59 Å². The Morgan fingerprint density at radius 1 is 1.47 bits per heavy atom. The van der Waals surface area contributed by atoms with E-state index < -0.39 is 5.54 Å². The first-order valence-electron chi connectivity index (χ1n) is 6.66. The fourth-order valence-electron chi connectivity index (χ4n) is 2.30. The van der Waals surface area contributed by atoms with Crippen molar-refractivity contribution in [2.45, 2.75) is 39.2 Å². The van der Waals surface area contributed by atoms with Crippen LogP contribution in [0.5, 0.6) is 0 Å². The van der Waals surface area contributed by atoms with Crippen LogP contribution in [0.15, 0.2) is 24.3 Å². The Morgan fingerprint density at radius 2 is 2.21 bits per heavy atom. The topological polar surface area (TPSA) is 49.4 Å². The lowest BCUT2D eigenvalue weighted by Crippen LogP contribution is -2.62. The van der Waals surface area contributed by atoms with Gasteiger partial charge in [0.2, 0.25) is 11.8 Å². The molecule has 2 rings (SSSR count). The lowest BCUT2D eigenvalue weighted by atomic mass is 9.91. The maximum absolute atomic E-state index is 12.5. The van der Waals surface area contributed by atoms with E-state index in [1.807, 2.05) is 45.0 Å². The molecule has 0 saturated carbocycles. The van der Waals surface area contributed by atoms with Gasteiger partial charge in [-0.2, -0.15) is 0 Å². The molecule has 2 amide bonds. The first-order valence-corrected chi connectivity index (χ1v) is 6.66. The van der Waals surface area contributed by atoms with Gasteiger partial charge in [0.05, 0.1) is 0 Å². The molecule has 0 unspecified atom stereocenters. The third-order valence-corrected chi connectivity index (χ3v) is 3.90. The minimum atomic E-state index is -0.751. The number of anilines is 1. The van der Waals surface area contributed by atoms with Gasteiger partial charge >= 0.3 is 0 Å². The number of hydrogen-bond donors (Lipinski definition) is 1. The van der Waals surface area contributed by atoms with E-state index in [9.17, 15) is 9.59 Å². The van der Waals surface area contributed by atoms with Gasteiger partial charge < -0.3 is 10.2 Å². The number of amides is 2. The molecule has 0 bridgehead atoms. The van der Waals surface area contributed by atoms with Gasteiger partial charge in [-0.3, -0.25) is 9.59 Å². The third-order valence-electron chi connectivity index (χ3n) is 3.90. The van der Waals surface area contributed by atoms with Crippen molar-refractivity contribution in [2.24, 2.45) is 0 Å². The quantitative estimate of drug-likeness (QED) is 0.845. The van der Waals surface area contributed by atoms with Crippen LogP contribution in [-0.4, -0.2) is 28.8 Å². The molecule has 0 radical (unpaired) electrons. The van der Waals surface area contributed by atoms with Crippen molar-refractivity contribution in [3.8, 4) is 0 Å². The van der Waals surface area contributed by atoms with Gasteiger partial charge in [-0.1, -0.05) is 19.1 Å². The van der Waals surface area contributed by atoms with Crippen molar-refractivity contribution in [1.82, 2.24) is 4.90 Å². The van der Waals surface area contributed by atoms with Gasteiger partial charge in [-0.15, -0.1) is 0 Å². The van der Waals surface area contributed by atoms with E-state index in [4.69, 9.17) is 0 Å². The highest BCUT2D eigenvalue weighted by Gasteiger charge is 2.44. The molecule has 102 valence electrons. The minimum absolute atomic E-state index is 0.0590. The molecule has 1 atom stereocenters. The zero-order chi connectivity index (χ0) is 14.0. The third kappa shape index (κ3) is 2.48. The number of nitrogens with zero attached hydrogens (tertiary/aromatic N) is 1. The van der Waals surface area contributed by atoms with Crippen molar-refractivity contribution < 1.29 is 9.59 Å². The summed E-state index contributed by atoms with van der Waals surface area (Å²) in [5.74, 6) is -0.0580. The van der Waals surface area contributed by atoms with Crippen LogP contribution in [0.3, 0.4) is 0 Å². The Bertz CT molecular complexity index is 513. The van der Waals surface area contributed by atoms with E-state index in [1.165, 1.54) is 0 Å². The molecule has 19 heavy (non-hydrogen) atoms. The molecule has 0 aromatic heterocycles. The second-order valence-corrected chi connectivity index (χ2v) is 5.25. The van der Waals surface area contributed by atoms with Crippen LogP contribution in [0.25, 0.3) is 0 Å². The number of benzene rings is 1. The fourth-order valence-corrected chi connectivity index (χ4v) is 2.30. The Morgan fingerprint density at radius 3 is 2.68 bits per heavy atom. The molecule has 1 aromatic rings. The predicted molar refractivity (Wildman–Crippen MR) is 74.8 cm³/mol. The van der Waals surface area contributed by atoms with Crippen LogP contribution in [0.2, 0.25) is 0 Å². The Hall–Kier alpha value is -1.84. The number of likely N-dealkylation sites (tertiary alicyclic amines) is 1. The number of carbonyl (C=O) groups excluding carboxylic acids is 2. The largest absolute Gasteiger partial charge is 0.328 e. The first-order chi connectivity index (χ1) is 8.97. The maximum Gasteiger partial charge on any atom is 0.250 e. The highest BCUT2D eigenvalue weighted by molar-refractivity contribution is 6.01. The van der Waals surface area contributed by atoms with E-state index in [2.05, 4.69) is 5.32 Å². The van der Waals surface area contributed by atoms with E-state index in [-0.39, 0.29) is 11.8 Å². The molecule has 0 spiro atoms. The van der Waals surface area contributed by atoms with E-state index in [0.29, 0.717) is 19.4 Å². The maximum atomic E-state index is 12.5. The first kappa shape index (κ1) is 13.6. The number of carbonyl (C=O) groups is 2. The summed E-state index contributed by atoms with van der Waals surface area (Å²) in [5.41, 5.74) is 1.12. The van der Waals surface area contributed by atoms with Gasteiger partial charge in [0, 0.05) is 18.7 Å². The van der Waals surface area contributed by atoms with Crippen molar-refractivity contribution in [3.05, 3.63) is 29.8 Å². The number of hydrogen-bond acceptors (Lipinski definition) is 2. The van der Waals surface area contributed by atoms with E-state index in [0.717, 1.165) is 11.3 Å². The van der Waals surface area contributed by atoms with Gasteiger partial charge in [-0.05, 0) is 38.0 Å². The van der Waals surface area contributed by atoms with Crippen LogP contribution in [0.1, 0.15) is 32.3 Å². The lowest BCUT2D eigenvalue weighted by Gasteiger charge is -2.44. The molecule has 1 heterocycles. The standard InChI is InChI=1S/C15H20N2O2/c1-4-15(3,17-9-8-13(17)18)14(19)16-12-7-5-6-11(2)10-12/h5-7,10H,4,8-9H2,1-3H3,(H,16,19)/t15-/m0/s1. The summed E-state index contributed by atoms with van der Waals surface area (Å²) in [6, 6.07) is 7.67. The average molecular weight is 260 g/mol. The number of rotatable bonds is 4. The van der Waals surface area contributed by atoms with Crippen molar-refractivity contribution in [1.29, 1.82) is 0 Å². The monoisotopic (exact) mass is 260 g/mol. The normalized spacial score (nSPS) is 17.6. The number of aryl methyl sites for hydroxylation is 1. The predicted octanol–water partition coefficient (Wildman–Crippen LogP) is 2.33. The van der Waals surface area contributed by atoms with E-state index >= 15 is 0 Å². The molecule has 1 aliphatic rings. The van der Waals surface area contributed by atoms with Crippen LogP contribution < -0.4 is 5.32 Å². The summed E-state index contributed by atoms with van der Waals surface area (Å²) in [6.07, 6.45) is 1.16. The van der Waals surface area contributed by atoms with Gasteiger partial charge in [0.1, 0.15) is 5.54 Å².